The first kappa shape index (κ1) is 15.7. The highest BCUT2D eigenvalue weighted by atomic mass is 79.9. The third-order valence-corrected chi connectivity index (χ3v) is 4.71. The van der Waals surface area contributed by atoms with Crippen LogP contribution in [0.5, 0.6) is 5.75 Å². The summed E-state index contributed by atoms with van der Waals surface area (Å²) in [5.74, 6) is 0.665. The molecule has 0 radical (unpaired) electrons. The summed E-state index contributed by atoms with van der Waals surface area (Å²) in [4.78, 5) is 0.108. The molecule has 112 valence electrons. The van der Waals surface area contributed by atoms with Gasteiger partial charge in [0, 0.05) is 18.0 Å². The molecule has 3 N–H and O–H groups in total. The first-order valence-electron chi connectivity index (χ1n) is 6.02. The van der Waals surface area contributed by atoms with E-state index in [0.717, 1.165) is 16.4 Å². The van der Waals surface area contributed by atoms with Gasteiger partial charge in [-0.15, -0.1) is 0 Å². The minimum Gasteiger partial charge on any atom is -0.495 e. The van der Waals surface area contributed by atoms with E-state index in [0.29, 0.717) is 11.4 Å². The zero-order chi connectivity index (χ0) is 15.6. The van der Waals surface area contributed by atoms with Gasteiger partial charge in [0.05, 0.1) is 27.9 Å². The van der Waals surface area contributed by atoms with E-state index in [2.05, 4.69) is 21.2 Å². The second-order valence-electron chi connectivity index (χ2n) is 4.46. The molecule has 0 bridgehead atoms. The summed E-state index contributed by atoms with van der Waals surface area (Å²) in [6.07, 6.45) is 1.13. The van der Waals surface area contributed by atoms with Crippen LogP contribution in [0.25, 0.3) is 0 Å². The second-order valence-corrected chi connectivity index (χ2v) is 7.30. The predicted octanol–water partition coefficient (Wildman–Crippen LogP) is 3.19. The molecule has 5 nitrogen and oxygen atoms in total. The number of halogens is 1. The zero-order valence-electron chi connectivity index (χ0n) is 11.6. The number of nitrogens with two attached hydrogens (primary N) is 1. The van der Waals surface area contributed by atoms with E-state index >= 15 is 0 Å². The Labute approximate surface area is 132 Å². The fourth-order valence-corrected chi connectivity index (χ4v) is 3.11. The molecule has 0 spiro atoms. The van der Waals surface area contributed by atoms with E-state index < -0.39 is 9.84 Å². The van der Waals surface area contributed by atoms with Crippen LogP contribution >= 0.6 is 15.9 Å². The molecule has 2 rings (SSSR count). The van der Waals surface area contributed by atoms with Gasteiger partial charge in [-0.05, 0) is 40.2 Å². The van der Waals surface area contributed by atoms with Gasteiger partial charge in [0.15, 0.2) is 9.84 Å². The molecule has 2 aromatic carbocycles. The summed E-state index contributed by atoms with van der Waals surface area (Å²) >= 11 is 3.37. The van der Waals surface area contributed by atoms with E-state index in [1.54, 1.807) is 25.3 Å². The summed E-state index contributed by atoms with van der Waals surface area (Å²) < 4.78 is 29.4. The minimum absolute atomic E-state index is 0.108. The van der Waals surface area contributed by atoms with Crippen LogP contribution in [0.3, 0.4) is 0 Å². The molecule has 0 aliphatic heterocycles. The van der Waals surface area contributed by atoms with E-state index in [9.17, 15) is 8.42 Å². The number of nitrogen functional groups attached to an aromatic ring is 1. The largest absolute Gasteiger partial charge is 0.495 e. The fourth-order valence-electron chi connectivity index (χ4n) is 1.87. The van der Waals surface area contributed by atoms with E-state index in [1.807, 2.05) is 12.1 Å². The topological polar surface area (TPSA) is 81.4 Å². The van der Waals surface area contributed by atoms with Crippen molar-refractivity contribution in [1.29, 1.82) is 0 Å². The van der Waals surface area contributed by atoms with Crippen LogP contribution in [0.4, 0.5) is 17.1 Å². The lowest BCUT2D eigenvalue weighted by Crippen LogP contribution is -2.05. The first-order chi connectivity index (χ1) is 9.82. The van der Waals surface area contributed by atoms with Gasteiger partial charge in [-0.25, -0.2) is 8.42 Å². The van der Waals surface area contributed by atoms with Crippen LogP contribution in [0, 0.1) is 0 Å². The SMILES string of the molecule is COc1cc(Nc2cccc(S(C)(=O)=O)c2N)ccc1Br. The molecule has 0 saturated heterocycles. The molecule has 0 fully saturated rings. The first-order valence-corrected chi connectivity index (χ1v) is 8.70. The van der Waals surface area contributed by atoms with Gasteiger partial charge < -0.3 is 15.8 Å². The Bertz CT molecular complexity index is 776. The lowest BCUT2D eigenvalue weighted by atomic mass is 10.2. The van der Waals surface area contributed by atoms with Crippen molar-refractivity contribution in [1.82, 2.24) is 0 Å². The fraction of sp³-hybridized carbons (Fsp3) is 0.143. The molecular formula is C14H15BrN2O3S. The molecular weight excluding hydrogens is 356 g/mol. The number of sulfone groups is 1. The van der Waals surface area contributed by atoms with Crippen LogP contribution in [-0.4, -0.2) is 21.8 Å². The van der Waals surface area contributed by atoms with Crippen molar-refractivity contribution >= 4 is 42.8 Å². The lowest BCUT2D eigenvalue weighted by molar-refractivity contribution is 0.412. The van der Waals surface area contributed by atoms with Gasteiger partial charge in [0.1, 0.15) is 5.75 Å². The van der Waals surface area contributed by atoms with Gasteiger partial charge in [0.2, 0.25) is 0 Å². The monoisotopic (exact) mass is 370 g/mol. The van der Waals surface area contributed by atoms with Gasteiger partial charge in [-0.3, -0.25) is 0 Å². The highest BCUT2D eigenvalue weighted by Gasteiger charge is 2.14. The van der Waals surface area contributed by atoms with Crippen LogP contribution in [0.1, 0.15) is 0 Å². The number of ether oxygens (including phenoxy) is 1. The quantitative estimate of drug-likeness (QED) is 0.807. The third-order valence-electron chi connectivity index (χ3n) is 2.90. The summed E-state index contributed by atoms with van der Waals surface area (Å²) in [6.45, 7) is 0. The maximum atomic E-state index is 11.7. The molecule has 0 heterocycles. The molecule has 0 aliphatic carbocycles. The molecule has 2 aromatic rings. The molecule has 0 atom stereocenters. The minimum atomic E-state index is -3.37. The van der Waals surface area contributed by atoms with Gasteiger partial charge >= 0.3 is 0 Å². The summed E-state index contributed by atoms with van der Waals surface area (Å²) in [6, 6.07) is 10.3. The van der Waals surface area contributed by atoms with Crippen molar-refractivity contribution in [3.05, 3.63) is 40.9 Å². The summed E-state index contributed by atoms with van der Waals surface area (Å²) in [5.41, 5.74) is 7.40. The molecule has 0 amide bonds. The maximum absolute atomic E-state index is 11.7. The average molecular weight is 371 g/mol. The number of benzene rings is 2. The number of methoxy groups -OCH3 is 1. The maximum Gasteiger partial charge on any atom is 0.177 e. The number of rotatable bonds is 4. The Hall–Kier alpha value is -1.73. The molecule has 0 saturated carbocycles. The second kappa shape index (κ2) is 5.95. The smallest absolute Gasteiger partial charge is 0.177 e. The van der Waals surface area contributed by atoms with Crippen LogP contribution in [-0.2, 0) is 9.84 Å². The Balaban J connectivity index is 2.41. The number of nitrogens with one attached hydrogen (secondary N) is 1. The number of para-hydroxylation sites is 1. The number of anilines is 3. The van der Waals surface area contributed by atoms with Crippen molar-refractivity contribution in [2.45, 2.75) is 4.90 Å². The van der Waals surface area contributed by atoms with Crippen LogP contribution < -0.4 is 15.8 Å². The summed E-state index contributed by atoms with van der Waals surface area (Å²) in [5, 5.41) is 3.10. The third kappa shape index (κ3) is 3.48. The van der Waals surface area contributed by atoms with E-state index in [-0.39, 0.29) is 10.6 Å². The highest BCUT2D eigenvalue weighted by molar-refractivity contribution is 9.10. The molecule has 0 unspecified atom stereocenters. The van der Waals surface area contributed by atoms with Gasteiger partial charge in [-0.2, -0.15) is 0 Å². The van der Waals surface area contributed by atoms with E-state index in [4.69, 9.17) is 10.5 Å². The Morgan fingerprint density at radius 1 is 1.24 bits per heavy atom. The van der Waals surface area contributed by atoms with E-state index in [1.165, 1.54) is 6.07 Å². The van der Waals surface area contributed by atoms with Crippen molar-refractivity contribution in [2.24, 2.45) is 0 Å². The van der Waals surface area contributed by atoms with Crippen LogP contribution in [0.15, 0.2) is 45.8 Å². The van der Waals surface area contributed by atoms with Gasteiger partial charge in [0.25, 0.3) is 0 Å². The number of hydrogen-bond acceptors (Lipinski definition) is 5. The number of hydrogen-bond donors (Lipinski definition) is 2. The Morgan fingerprint density at radius 2 is 1.95 bits per heavy atom. The van der Waals surface area contributed by atoms with Crippen LogP contribution in [0.2, 0.25) is 0 Å². The molecule has 7 heteroatoms. The van der Waals surface area contributed by atoms with Crippen molar-refractivity contribution in [3.63, 3.8) is 0 Å². The highest BCUT2D eigenvalue weighted by Crippen LogP contribution is 2.32. The van der Waals surface area contributed by atoms with Crippen molar-refractivity contribution in [3.8, 4) is 5.75 Å². The van der Waals surface area contributed by atoms with Crippen molar-refractivity contribution in [2.75, 3.05) is 24.4 Å². The Morgan fingerprint density at radius 3 is 2.57 bits per heavy atom. The predicted molar refractivity (Wildman–Crippen MR) is 87.9 cm³/mol. The molecule has 0 aromatic heterocycles. The normalized spacial score (nSPS) is 11.2. The Kier molecular flexibility index (Phi) is 4.43. The zero-order valence-corrected chi connectivity index (χ0v) is 14.0. The summed E-state index contributed by atoms with van der Waals surface area (Å²) in [7, 11) is -1.79. The van der Waals surface area contributed by atoms with Gasteiger partial charge in [-0.1, -0.05) is 6.07 Å². The molecule has 0 aliphatic rings. The molecule has 21 heavy (non-hydrogen) atoms. The standard InChI is InChI=1S/C14H15BrN2O3S/c1-20-12-8-9(6-7-10(12)15)17-11-4-3-5-13(14(11)16)21(2,18)19/h3-8,17H,16H2,1-2H3. The lowest BCUT2D eigenvalue weighted by Gasteiger charge is -2.13. The van der Waals surface area contributed by atoms with Crippen molar-refractivity contribution < 1.29 is 13.2 Å². The average Bonchev–Trinajstić information content (AvgIpc) is 2.42.